The predicted octanol–water partition coefficient (Wildman–Crippen LogP) is 5.11. The number of hydrogen-bond donors (Lipinski definition) is 0. The first-order valence-corrected chi connectivity index (χ1v) is 8.83. The molecule has 1 aliphatic heterocycles. The van der Waals surface area contributed by atoms with Gasteiger partial charge in [0.25, 0.3) is 0 Å². The number of thiophene rings is 1. The molecule has 4 nitrogen and oxygen atoms in total. The molecule has 1 saturated heterocycles. The lowest BCUT2D eigenvalue weighted by molar-refractivity contribution is 0.0437. The minimum atomic E-state index is 0.146. The number of para-hydroxylation sites is 1. The summed E-state index contributed by atoms with van der Waals surface area (Å²) in [5.74, 6) is 1.40. The van der Waals surface area contributed by atoms with Gasteiger partial charge in [-0.3, -0.25) is 0 Å². The highest BCUT2D eigenvalue weighted by Gasteiger charge is 2.28. The van der Waals surface area contributed by atoms with Crippen LogP contribution in [0.1, 0.15) is 37.9 Å². The molecule has 0 radical (unpaired) electrons. The van der Waals surface area contributed by atoms with Gasteiger partial charge >= 0.3 is 0 Å². The fourth-order valence-corrected chi connectivity index (χ4v) is 3.97. The molecular weight excluding hydrogens is 308 g/mol. The summed E-state index contributed by atoms with van der Waals surface area (Å²) in [5.41, 5.74) is 2.12. The maximum atomic E-state index is 6.13. The van der Waals surface area contributed by atoms with Gasteiger partial charge in [0.05, 0.1) is 17.7 Å². The van der Waals surface area contributed by atoms with E-state index in [1.807, 2.05) is 30.3 Å². The van der Waals surface area contributed by atoms with E-state index in [-0.39, 0.29) is 6.10 Å². The molecule has 0 N–H and O–H groups in total. The summed E-state index contributed by atoms with van der Waals surface area (Å²) in [6, 6.07) is 9.71. The highest BCUT2D eigenvalue weighted by atomic mass is 32.1. The van der Waals surface area contributed by atoms with Crippen LogP contribution < -0.4 is 4.74 Å². The Bertz CT molecular complexity index is 803. The molecule has 0 bridgehead atoms. The maximum absolute atomic E-state index is 6.13. The lowest BCUT2D eigenvalue weighted by Gasteiger charge is -2.11. The Labute approximate surface area is 139 Å². The molecule has 0 spiro atoms. The Balaban J connectivity index is 1.67. The average molecular weight is 326 g/mol. The van der Waals surface area contributed by atoms with Crippen molar-refractivity contribution in [2.45, 2.75) is 38.4 Å². The van der Waals surface area contributed by atoms with Gasteiger partial charge in [0.2, 0.25) is 5.88 Å². The summed E-state index contributed by atoms with van der Waals surface area (Å²) in [7, 11) is 0. The molecule has 3 aromatic rings. The summed E-state index contributed by atoms with van der Waals surface area (Å²) in [6.45, 7) is 2.17. The van der Waals surface area contributed by atoms with E-state index in [1.54, 1.807) is 17.7 Å². The molecule has 3 heterocycles. The van der Waals surface area contributed by atoms with Crippen molar-refractivity contribution in [2.75, 3.05) is 0 Å². The first kappa shape index (κ1) is 14.6. The van der Waals surface area contributed by atoms with Crippen molar-refractivity contribution in [3.63, 3.8) is 0 Å². The van der Waals surface area contributed by atoms with Crippen LogP contribution in [0, 0.1) is 0 Å². The van der Waals surface area contributed by atoms with Gasteiger partial charge in [0.1, 0.15) is 16.8 Å². The Kier molecular flexibility index (Phi) is 3.97. The van der Waals surface area contributed by atoms with E-state index >= 15 is 0 Å². The van der Waals surface area contributed by atoms with E-state index in [2.05, 4.69) is 22.3 Å². The van der Waals surface area contributed by atoms with Crippen LogP contribution in [0.5, 0.6) is 11.6 Å². The van der Waals surface area contributed by atoms with E-state index < -0.39 is 0 Å². The van der Waals surface area contributed by atoms with Crippen molar-refractivity contribution in [2.24, 2.45) is 0 Å². The van der Waals surface area contributed by atoms with E-state index in [4.69, 9.17) is 9.47 Å². The largest absolute Gasteiger partial charge is 0.437 e. The lowest BCUT2D eigenvalue weighted by atomic mass is 10.1. The minimum absolute atomic E-state index is 0.146. The molecule has 5 heteroatoms. The topological polar surface area (TPSA) is 44.2 Å². The van der Waals surface area contributed by atoms with E-state index in [1.165, 1.54) is 5.56 Å². The summed E-state index contributed by atoms with van der Waals surface area (Å²) >= 11 is 1.63. The highest BCUT2D eigenvalue weighted by Crippen LogP contribution is 2.41. The summed E-state index contributed by atoms with van der Waals surface area (Å²) in [5, 5.41) is 2.14. The highest BCUT2D eigenvalue weighted by molar-refractivity contribution is 7.17. The van der Waals surface area contributed by atoms with E-state index in [0.29, 0.717) is 12.0 Å². The van der Waals surface area contributed by atoms with Crippen LogP contribution in [-0.4, -0.2) is 16.1 Å². The molecule has 118 valence electrons. The minimum Gasteiger partial charge on any atom is -0.437 e. The first-order chi connectivity index (χ1) is 11.3. The quantitative estimate of drug-likeness (QED) is 0.668. The normalized spacial score (nSPS) is 20.9. The van der Waals surface area contributed by atoms with Gasteiger partial charge in [-0.25, -0.2) is 9.97 Å². The molecular formula is C18H18N2O2S. The fourth-order valence-electron chi connectivity index (χ4n) is 2.98. The molecule has 1 fully saturated rings. The van der Waals surface area contributed by atoms with Crippen molar-refractivity contribution in [3.05, 3.63) is 47.6 Å². The second kappa shape index (κ2) is 6.26. The number of benzene rings is 1. The van der Waals surface area contributed by atoms with Crippen LogP contribution in [0.3, 0.4) is 0 Å². The van der Waals surface area contributed by atoms with Crippen LogP contribution >= 0.6 is 11.3 Å². The Morgan fingerprint density at radius 1 is 1.22 bits per heavy atom. The number of aromatic nitrogens is 2. The summed E-state index contributed by atoms with van der Waals surface area (Å²) in [6.07, 6.45) is 5.34. The fraction of sp³-hybridized carbons (Fsp3) is 0.333. The number of hydrogen-bond acceptors (Lipinski definition) is 5. The van der Waals surface area contributed by atoms with Crippen molar-refractivity contribution < 1.29 is 9.47 Å². The van der Waals surface area contributed by atoms with Gasteiger partial charge in [-0.1, -0.05) is 25.1 Å². The molecule has 2 unspecified atom stereocenters. The zero-order valence-electron chi connectivity index (χ0n) is 12.9. The zero-order valence-corrected chi connectivity index (χ0v) is 13.8. The molecule has 4 rings (SSSR count). The van der Waals surface area contributed by atoms with Crippen molar-refractivity contribution in [1.82, 2.24) is 9.97 Å². The number of fused-ring (bicyclic) bond motifs is 1. The maximum Gasteiger partial charge on any atom is 0.240 e. The number of nitrogens with zero attached hydrogens (tertiary/aromatic N) is 2. The van der Waals surface area contributed by atoms with Crippen molar-refractivity contribution in [3.8, 4) is 11.6 Å². The zero-order chi connectivity index (χ0) is 15.6. The molecule has 0 saturated carbocycles. The Hall–Kier alpha value is -1.98. The van der Waals surface area contributed by atoms with Crippen LogP contribution in [0.25, 0.3) is 10.2 Å². The second-order valence-electron chi connectivity index (χ2n) is 5.70. The van der Waals surface area contributed by atoms with Gasteiger partial charge in [-0.2, -0.15) is 0 Å². The average Bonchev–Trinajstić information content (AvgIpc) is 3.22. The molecule has 1 aliphatic rings. The van der Waals surface area contributed by atoms with Gasteiger partial charge in [-0.05, 0) is 36.8 Å². The van der Waals surface area contributed by atoms with E-state index in [0.717, 1.165) is 35.2 Å². The van der Waals surface area contributed by atoms with Crippen LogP contribution in [0.15, 0.2) is 42.0 Å². The Morgan fingerprint density at radius 2 is 2.09 bits per heavy atom. The third-order valence-corrected chi connectivity index (χ3v) is 5.19. The third kappa shape index (κ3) is 2.82. The van der Waals surface area contributed by atoms with Gasteiger partial charge < -0.3 is 9.47 Å². The molecule has 0 amide bonds. The van der Waals surface area contributed by atoms with Gasteiger partial charge in [-0.15, -0.1) is 11.3 Å². The third-order valence-electron chi connectivity index (χ3n) is 4.22. The molecule has 2 atom stereocenters. The summed E-state index contributed by atoms with van der Waals surface area (Å²) in [4.78, 5) is 8.79. The van der Waals surface area contributed by atoms with E-state index in [9.17, 15) is 0 Å². The molecule has 23 heavy (non-hydrogen) atoms. The molecule has 0 aliphatic carbocycles. The van der Waals surface area contributed by atoms with Crippen LogP contribution in [0.4, 0.5) is 0 Å². The second-order valence-corrected chi connectivity index (χ2v) is 6.57. The van der Waals surface area contributed by atoms with Crippen LogP contribution in [-0.2, 0) is 4.74 Å². The molecule has 2 aromatic heterocycles. The first-order valence-electron chi connectivity index (χ1n) is 7.95. The van der Waals surface area contributed by atoms with Crippen molar-refractivity contribution >= 4 is 21.6 Å². The monoisotopic (exact) mass is 326 g/mol. The number of rotatable bonds is 4. The predicted molar refractivity (Wildman–Crippen MR) is 91.1 cm³/mol. The van der Waals surface area contributed by atoms with Gasteiger partial charge in [0.15, 0.2) is 0 Å². The van der Waals surface area contributed by atoms with Crippen LogP contribution in [0.2, 0.25) is 0 Å². The van der Waals surface area contributed by atoms with Crippen molar-refractivity contribution in [1.29, 1.82) is 0 Å². The standard InChI is InChI=1S/C18H18N2O2S/c1-2-12-8-9-15(21-12)14-10-23-17-16(14)19-11-20-18(17)22-13-6-4-3-5-7-13/h3-7,10-12,15H,2,8-9H2,1H3. The molecule has 1 aromatic carbocycles. The smallest absolute Gasteiger partial charge is 0.240 e. The van der Waals surface area contributed by atoms with Gasteiger partial charge in [0, 0.05) is 5.56 Å². The SMILES string of the molecule is CCC1CCC(c2csc3c(Oc4ccccc4)ncnc23)O1. The Morgan fingerprint density at radius 3 is 2.87 bits per heavy atom. The lowest BCUT2D eigenvalue weighted by Crippen LogP contribution is -2.04. The number of ether oxygens (including phenoxy) is 2. The summed E-state index contributed by atoms with van der Waals surface area (Å²) < 4.78 is 13.0.